The van der Waals surface area contributed by atoms with Gasteiger partial charge < -0.3 is 10.4 Å². The minimum atomic E-state index is -0.192. The van der Waals surface area contributed by atoms with Gasteiger partial charge in [0, 0.05) is 0 Å². The molecule has 0 saturated carbocycles. The first-order valence-corrected chi connectivity index (χ1v) is 8.12. The first kappa shape index (κ1) is 14.4. The van der Waals surface area contributed by atoms with Crippen LogP contribution in [-0.4, -0.2) is 21.7 Å². The molecule has 1 atom stereocenters. The van der Waals surface area contributed by atoms with Crippen LogP contribution in [0, 0.1) is 6.92 Å². The van der Waals surface area contributed by atoms with Crippen molar-refractivity contribution in [1.82, 2.24) is 9.97 Å². The summed E-state index contributed by atoms with van der Waals surface area (Å²) < 4.78 is 1.01. The lowest BCUT2D eigenvalue weighted by atomic mass is 10.1. The van der Waals surface area contributed by atoms with Gasteiger partial charge in [-0.3, -0.25) is 0 Å². The molecule has 0 aliphatic heterocycles. The largest absolute Gasteiger partial charge is 0.394 e. The van der Waals surface area contributed by atoms with E-state index in [9.17, 15) is 5.11 Å². The summed E-state index contributed by atoms with van der Waals surface area (Å²) in [6, 6.07) is 9.91. The van der Waals surface area contributed by atoms with Crippen LogP contribution >= 0.6 is 27.3 Å². The van der Waals surface area contributed by atoms with Crippen LogP contribution in [-0.2, 0) is 0 Å². The van der Waals surface area contributed by atoms with E-state index in [2.05, 4.69) is 31.2 Å². The Balaban J connectivity index is 1.93. The second kappa shape index (κ2) is 6.09. The van der Waals surface area contributed by atoms with Gasteiger partial charge in [-0.2, -0.15) is 0 Å². The van der Waals surface area contributed by atoms with E-state index < -0.39 is 0 Å². The van der Waals surface area contributed by atoms with Gasteiger partial charge in [0.1, 0.15) is 17.0 Å². The van der Waals surface area contributed by atoms with Crippen LogP contribution in [0.4, 0.5) is 5.82 Å². The molecule has 2 N–H and O–H groups in total. The lowest BCUT2D eigenvalue weighted by Crippen LogP contribution is -2.15. The molecule has 1 unspecified atom stereocenters. The number of aryl methyl sites for hydroxylation is 1. The van der Waals surface area contributed by atoms with E-state index in [1.807, 2.05) is 37.3 Å². The van der Waals surface area contributed by atoms with Crippen molar-refractivity contribution in [2.75, 3.05) is 11.9 Å². The summed E-state index contributed by atoms with van der Waals surface area (Å²) >= 11 is 5.03. The Hall–Kier alpha value is -1.50. The van der Waals surface area contributed by atoms with Crippen LogP contribution in [0.3, 0.4) is 0 Å². The molecule has 0 aliphatic carbocycles. The van der Waals surface area contributed by atoms with Gasteiger partial charge in [0.2, 0.25) is 0 Å². The van der Waals surface area contributed by atoms with Crippen LogP contribution in [0.1, 0.15) is 17.2 Å². The summed E-state index contributed by atoms with van der Waals surface area (Å²) in [5.41, 5.74) is 2.23. The monoisotopic (exact) mass is 363 g/mol. The Morgan fingerprint density at radius 3 is 2.76 bits per heavy atom. The highest BCUT2D eigenvalue weighted by Gasteiger charge is 2.14. The van der Waals surface area contributed by atoms with E-state index in [-0.39, 0.29) is 12.6 Å². The fourth-order valence-electron chi connectivity index (χ4n) is 2.14. The SMILES string of the molecule is Cc1ccc(C(CO)Nc2ncnc3sc(Br)cc23)cc1. The number of fused-ring (bicyclic) bond motifs is 1. The zero-order chi connectivity index (χ0) is 14.8. The van der Waals surface area contributed by atoms with Crippen LogP contribution in [0.2, 0.25) is 0 Å². The normalized spacial score (nSPS) is 12.5. The van der Waals surface area contributed by atoms with Crippen molar-refractivity contribution in [3.8, 4) is 0 Å². The minimum Gasteiger partial charge on any atom is -0.394 e. The number of nitrogens with zero attached hydrogens (tertiary/aromatic N) is 2. The van der Waals surface area contributed by atoms with E-state index in [0.29, 0.717) is 0 Å². The highest BCUT2D eigenvalue weighted by Crippen LogP contribution is 2.32. The number of anilines is 1. The molecule has 3 rings (SSSR count). The molecule has 1 aromatic carbocycles. The molecule has 0 bridgehead atoms. The summed E-state index contributed by atoms with van der Waals surface area (Å²) in [6.07, 6.45) is 1.54. The van der Waals surface area contributed by atoms with Crippen molar-refractivity contribution in [1.29, 1.82) is 0 Å². The predicted octanol–water partition coefficient (Wildman–Crippen LogP) is 3.91. The summed E-state index contributed by atoms with van der Waals surface area (Å²) in [5, 5.41) is 13.9. The first-order valence-electron chi connectivity index (χ1n) is 6.51. The van der Waals surface area contributed by atoms with Gasteiger partial charge in [0.05, 0.1) is 21.8 Å². The smallest absolute Gasteiger partial charge is 0.138 e. The lowest BCUT2D eigenvalue weighted by molar-refractivity contribution is 0.276. The second-order valence-corrected chi connectivity index (χ2v) is 7.19. The molecular weight excluding hydrogens is 350 g/mol. The van der Waals surface area contributed by atoms with Gasteiger partial charge in [-0.15, -0.1) is 11.3 Å². The average Bonchev–Trinajstić information content (AvgIpc) is 2.87. The third-order valence-corrected chi connectivity index (χ3v) is 4.82. The third-order valence-electron chi connectivity index (χ3n) is 3.27. The van der Waals surface area contributed by atoms with Gasteiger partial charge >= 0.3 is 0 Å². The zero-order valence-electron chi connectivity index (χ0n) is 11.4. The number of thiophene rings is 1. The maximum Gasteiger partial charge on any atom is 0.138 e. The molecule has 108 valence electrons. The van der Waals surface area contributed by atoms with Gasteiger partial charge in [0.25, 0.3) is 0 Å². The summed E-state index contributed by atoms with van der Waals surface area (Å²) in [7, 11) is 0. The number of aliphatic hydroxyl groups is 1. The Labute approximate surface area is 135 Å². The molecule has 0 fully saturated rings. The Kier molecular flexibility index (Phi) is 4.19. The molecule has 0 spiro atoms. The Morgan fingerprint density at radius 2 is 2.05 bits per heavy atom. The van der Waals surface area contributed by atoms with Crippen molar-refractivity contribution < 1.29 is 5.11 Å². The van der Waals surface area contributed by atoms with Crippen molar-refractivity contribution >= 4 is 43.3 Å². The zero-order valence-corrected chi connectivity index (χ0v) is 13.8. The van der Waals surface area contributed by atoms with Gasteiger partial charge in [-0.05, 0) is 34.5 Å². The summed E-state index contributed by atoms with van der Waals surface area (Å²) in [6.45, 7) is 2.04. The fraction of sp³-hybridized carbons (Fsp3) is 0.200. The molecule has 3 aromatic rings. The molecule has 0 radical (unpaired) electrons. The van der Waals surface area contributed by atoms with E-state index in [1.165, 1.54) is 11.9 Å². The van der Waals surface area contributed by atoms with E-state index >= 15 is 0 Å². The van der Waals surface area contributed by atoms with Gasteiger partial charge in [-0.25, -0.2) is 9.97 Å². The van der Waals surface area contributed by atoms with Crippen molar-refractivity contribution in [2.45, 2.75) is 13.0 Å². The maximum absolute atomic E-state index is 9.67. The second-order valence-electron chi connectivity index (χ2n) is 4.78. The van der Waals surface area contributed by atoms with Gasteiger partial charge in [0.15, 0.2) is 0 Å². The standard InChI is InChI=1S/C15H14BrN3OS/c1-9-2-4-10(5-3-9)12(7-20)19-14-11-6-13(16)21-15(11)18-8-17-14/h2-6,8,12,20H,7H2,1H3,(H,17,18,19). The number of hydrogen-bond donors (Lipinski definition) is 2. The lowest BCUT2D eigenvalue weighted by Gasteiger charge is -2.18. The van der Waals surface area contributed by atoms with Crippen molar-refractivity contribution in [3.63, 3.8) is 0 Å². The molecule has 0 aliphatic rings. The average molecular weight is 364 g/mol. The summed E-state index contributed by atoms with van der Waals surface area (Å²) in [5.74, 6) is 0.738. The number of aromatic nitrogens is 2. The fourth-order valence-corrected chi connectivity index (χ4v) is 3.56. The first-order chi connectivity index (χ1) is 10.2. The number of benzene rings is 1. The number of halogens is 1. The summed E-state index contributed by atoms with van der Waals surface area (Å²) in [4.78, 5) is 9.48. The topological polar surface area (TPSA) is 58.0 Å². The van der Waals surface area contributed by atoms with E-state index in [1.54, 1.807) is 11.3 Å². The van der Waals surface area contributed by atoms with Crippen LogP contribution in [0.25, 0.3) is 10.2 Å². The number of rotatable bonds is 4. The Morgan fingerprint density at radius 1 is 1.29 bits per heavy atom. The van der Waals surface area contributed by atoms with E-state index in [4.69, 9.17) is 0 Å². The minimum absolute atomic E-state index is 0.000135. The predicted molar refractivity (Wildman–Crippen MR) is 89.7 cm³/mol. The van der Waals surface area contributed by atoms with Crippen molar-refractivity contribution in [3.05, 3.63) is 51.6 Å². The molecular formula is C15H14BrN3OS. The number of aliphatic hydroxyl groups excluding tert-OH is 1. The molecule has 6 heteroatoms. The highest BCUT2D eigenvalue weighted by atomic mass is 79.9. The molecule has 2 heterocycles. The molecule has 2 aromatic heterocycles. The van der Waals surface area contributed by atoms with Crippen molar-refractivity contribution in [2.24, 2.45) is 0 Å². The molecule has 21 heavy (non-hydrogen) atoms. The quantitative estimate of drug-likeness (QED) is 0.737. The highest BCUT2D eigenvalue weighted by molar-refractivity contribution is 9.11. The molecule has 4 nitrogen and oxygen atoms in total. The van der Waals surface area contributed by atoms with Gasteiger partial charge in [-0.1, -0.05) is 29.8 Å². The molecule has 0 amide bonds. The van der Waals surface area contributed by atoms with Crippen LogP contribution < -0.4 is 5.32 Å². The van der Waals surface area contributed by atoms with Crippen LogP contribution in [0.5, 0.6) is 0 Å². The third kappa shape index (κ3) is 3.07. The number of hydrogen-bond acceptors (Lipinski definition) is 5. The van der Waals surface area contributed by atoms with Crippen LogP contribution in [0.15, 0.2) is 40.4 Å². The molecule has 0 saturated heterocycles. The number of nitrogens with one attached hydrogen (secondary N) is 1. The Bertz CT molecular complexity index is 757. The maximum atomic E-state index is 9.67. The van der Waals surface area contributed by atoms with E-state index in [0.717, 1.165) is 25.4 Å².